The van der Waals surface area contributed by atoms with Crippen molar-refractivity contribution < 1.29 is 71.7 Å². The number of carbonyl (C=O) groups is 4. The molecule has 0 saturated heterocycles. The first-order chi connectivity index (χ1) is 45.1. The number of ether oxygens (including phenoxy) is 8. The lowest BCUT2D eigenvalue weighted by Gasteiger charge is -2.44. The number of rotatable bonds is 37. The Morgan fingerprint density at radius 1 is 0.583 bits per heavy atom. The SMILES string of the molecule is CC/C=C\C(C)[C@H](OC(N)=O)[C@@H](C)[C@H](O)[C@@H](C)C/C(C)=C\[C@H](C)[C@@H](O)C(C)/C=C\c1ccc2c(c1)N(COC)C(=O)CO2.CC/C=C\C(C)[C@H](OC(N)=O)[C@@H](C)[C@H](O[Si](C)(C)C(C)(C)C)[C@@H](C)C/C(C)=C\[C@H](C)[C@@H](OCOC)C(C)/C=C\c1ccc2c(c1)N(COC)C(=O)CO2. The lowest BCUT2D eigenvalue weighted by molar-refractivity contribution is -0.123. The van der Waals surface area contributed by atoms with Gasteiger partial charge in [-0.15, -0.1) is 0 Å². The molecule has 4 amide bonds. The molecule has 20 heteroatoms. The largest absolute Gasteiger partial charge is 0.482 e. The van der Waals surface area contributed by atoms with Crippen LogP contribution in [-0.4, -0.2) is 134 Å². The molecule has 6 N–H and O–H groups in total. The number of carbonyl (C=O) groups excluding carboxylic acids is 4. The van der Waals surface area contributed by atoms with Crippen LogP contribution in [0.1, 0.15) is 155 Å². The molecule has 0 aromatic heterocycles. The van der Waals surface area contributed by atoms with Gasteiger partial charge in [-0.2, -0.15) is 0 Å². The van der Waals surface area contributed by atoms with Crippen molar-refractivity contribution in [2.45, 2.75) is 198 Å². The highest BCUT2D eigenvalue weighted by atomic mass is 28.4. The van der Waals surface area contributed by atoms with Gasteiger partial charge in [0.25, 0.3) is 11.8 Å². The predicted molar refractivity (Wildman–Crippen MR) is 388 cm³/mol. The molecule has 540 valence electrons. The third-order valence-corrected chi connectivity index (χ3v) is 23.3. The van der Waals surface area contributed by atoms with Crippen LogP contribution in [-0.2, 0) is 42.4 Å². The van der Waals surface area contributed by atoms with Crippen molar-refractivity contribution >= 4 is 55.8 Å². The molecule has 2 aliphatic heterocycles. The maximum atomic E-state index is 12.5. The van der Waals surface area contributed by atoms with Crippen molar-refractivity contribution in [2.75, 3.05) is 64.6 Å². The standard InChI is InChI=1S/C42H70N2O8Si.C34H52N2O7/c1-15-16-17-29(3)39(51-41(43)46)33(7)40(52-53(13,14)42(8,9)10)32(6)23-28(2)22-31(5)38(50-27-48-12)30(4)18-19-34-20-21-36-35(24-34)44(26-47-11)37(45)25-49-36;1-9-10-11-23(4)33(43-34(35)40)26(7)32(39)25(6)17-21(2)16-24(5)31(38)22(3)12-13-27-14-15-29-28(18-27)36(20-41-8)30(37)19-42-29/h16-22,24,29-33,38-40H,15,23,25-27H2,1-14H3,(H2,43,46);10-16,18,22-26,31-33,38-39H,9,17,19-20H2,1-8H3,(H2,35,40)/b17-16-,19-18-,28-22-;11-10-,13-12-,21-16-/t29?,30?,31-,32-,33+,38-,39-,40+;22?,23?,24-,25-,26-,31-,32+,33-/m00/s1. The van der Waals surface area contributed by atoms with E-state index in [-0.39, 0.29) is 122 Å². The smallest absolute Gasteiger partial charge is 0.404 e. The van der Waals surface area contributed by atoms with Gasteiger partial charge in [0.2, 0.25) is 0 Å². The molecule has 0 saturated carbocycles. The maximum Gasteiger partial charge on any atom is 0.404 e. The van der Waals surface area contributed by atoms with Crippen molar-refractivity contribution in [1.82, 2.24) is 0 Å². The lowest BCUT2D eigenvalue weighted by atomic mass is 9.81. The Hall–Kier alpha value is -6.10. The number of fused-ring (bicyclic) bond motifs is 2. The number of primary amides is 2. The normalized spacial score (nSPS) is 19.3. The molecule has 0 bridgehead atoms. The molecule has 2 aromatic carbocycles. The van der Waals surface area contributed by atoms with Crippen LogP contribution in [0.3, 0.4) is 0 Å². The number of hydrogen-bond acceptors (Lipinski definition) is 15. The average molecular weight is 1360 g/mol. The topological polar surface area (TPSA) is 250 Å². The Morgan fingerprint density at radius 3 is 1.44 bits per heavy atom. The van der Waals surface area contributed by atoms with E-state index in [4.69, 9.17) is 53.8 Å². The quantitative estimate of drug-likeness (QED) is 0.0279. The number of nitrogens with two attached hydrogens (primary N) is 2. The summed E-state index contributed by atoms with van der Waals surface area (Å²) in [6.07, 6.45) is 19.6. The number of aliphatic hydroxyl groups excluding tert-OH is 2. The highest BCUT2D eigenvalue weighted by molar-refractivity contribution is 6.74. The summed E-state index contributed by atoms with van der Waals surface area (Å²) in [4.78, 5) is 51.6. The van der Waals surface area contributed by atoms with Gasteiger partial charge in [0.15, 0.2) is 21.5 Å². The summed E-state index contributed by atoms with van der Waals surface area (Å²) in [7, 11) is 2.53. The van der Waals surface area contributed by atoms with Crippen molar-refractivity contribution in [2.24, 2.45) is 70.6 Å². The van der Waals surface area contributed by atoms with Gasteiger partial charge in [0.1, 0.15) is 44.0 Å². The van der Waals surface area contributed by atoms with Gasteiger partial charge in [-0.05, 0) is 105 Å². The monoisotopic (exact) mass is 1360 g/mol. The summed E-state index contributed by atoms with van der Waals surface area (Å²) in [5.41, 5.74) is 16.4. The fourth-order valence-corrected chi connectivity index (χ4v) is 14.0. The third-order valence-electron chi connectivity index (χ3n) is 18.8. The van der Waals surface area contributed by atoms with Crippen molar-refractivity contribution in [3.05, 3.63) is 107 Å². The number of anilines is 2. The summed E-state index contributed by atoms with van der Waals surface area (Å²) in [5.74, 6) is 0.273. The first-order valence-corrected chi connectivity index (χ1v) is 37.2. The van der Waals surface area contributed by atoms with E-state index < -0.39 is 44.9 Å². The van der Waals surface area contributed by atoms with Crippen LogP contribution in [0.15, 0.2) is 96.2 Å². The summed E-state index contributed by atoms with van der Waals surface area (Å²) in [6, 6.07) is 11.4. The minimum absolute atomic E-state index is 0.00102. The van der Waals surface area contributed by atoms with E-state index in [9.17, 15) is 29.4 Å². The Balaban J connectivity index is 0.000000511. The first kappa shape index (κ1) is 84.1. The Bertz CT molecular complexity index is 2940. The molecule has 4 unspecified atom stereocenters. The molecule has 19 nitrogen and oxygen atoms in total. The second-order valence-corrected chi connectivity index (χ2v) is 33.1. The zero-order chi connectivity index (χ0) is 72.4. The Morgan fingerprint density at radius 2 is 1.01 bits per heavy atom. The third kappa shape index (κ3) is 26.0. The maximum absolute atomic E-state index is 12.5. The van der Waals surface area contributed by atoms with Crippen LogP contribution in [0.5, 0.6) is 11.5 Å². The zero-order valence-corrected chi connectivity index (χ0v) is 63.1. The van der Waals surface area contributed by atoms with Gasteiger partial charge in [0.05, 0.1) is 35.8 Å². The zero-order valence-electron chi connectivity index (χ0n) is 62.1. The molecular formula is C76H122N4O15Si. The molecule has 0 fully saturated rings. The van der Waals surface area contributed by atoms with Crippen molar-refractivity contribution in [3.63, 3.8) is 0 Å². The lowest BCUT2D eigenvalue weighted by Crippen LogP contribution is -2.50. The molecule has 2 aliphatic rings. The minimum atomic E-state index is -2.21. The fourth-order valence-electron chi connectivity index (χ4n) is 12.6. The molecule has 96 heavy (non-hydrogen) atoms. The highest BCUT2D eigenvalue weighted by Gasteiger charge is 2.44. The molecule has 0 aliphatic carbocycles. The summed E-state index contributed by atoms with van der Waals surface area (Å²) in [6.45, 7) is 40.5. The summed E-state index contributed by atoms with van der Waals surface area (Å²) < 4.78 is 51.7. The van der Waals surface area contributed by atoms with Crippen LogP contribution in [0.2, 0.25) is 18.1 Å². The number of nitrogens with zero attached hydrogens (tertiary/aromatic N) is 2. The van der Waals surface area contributed by atoms with E-state index in [1.807, 2.05) is 109 Å². The minimum Gasteiger partial charge on any atom is -0.482 e. The molecule has 4 rings (SSSR count). The number of hydrogen-bond donors (Lipinski definition) is 4. The van der Waals surface area contributed by atoms with E-state index in [1.54, 1.807) is 31.1 Å². The van der Waals surface area contributed by atoms with E-state index in [2.05, 4.69) is 119 Å². The number of amides is 4. The predicted octanol–water partition coefficient (Wildman–Crippen LogP) is 15.1. The van der Waals surface area contributed by atoms with Crippen LogP contribution in [0.25, 0.3) is 12.2 Å². The van der Waals surface area contributed by atoms with E-state index in [1.165, 1.54) is 5.57 Å². The van der Waals surface area contributed by atoms with E-state index in [0.717, 1.165) is 36.0 Å². The van der Waals surface area contributed by atoms with Gasteiger partial charge in [-0.25, -0.2) is 9.59 Å². The fraction of sp³-hybridized carbons (Fsp3) is 0.632. The van der Waals surface area contributed by atoms with Crippen LogP contribution < -0.4 is 30.7 Å². The average Bonchev–Trinajstić information content (AvgIpc) is 0.826. The second kappa shape index (κ2) is 40.7. The molecule has 0 spiro atoms. The van der Waals surface area contributed by atoms with E-state index >= 15 is 0 Å². The molecule has 16 atom stereocenters. The van der Waals surface area contributed by atoms with Gasteiger partial charge >= 0.3 is 12.2 Å². The second-order valence-electron chi connectivity index (χ2n) is 28.3. The molecule has 2 heterocycles. The summed E-state index contributed by atoms with van der Waals surface area (Å²) >= 11 is 0. The van der Waals surface area contributed by atoms with Gasteiger partial charge in [0, 0.05) is 68.7 Å². The number of aliphatic hydroxyl groups is 2. The van der Waals surface area contributed by atoms with Crippen LogP contribution in [0, 0.1) is 59.2 Å². The Labute approximate surface area is 577 Å². The van der Waals surface area contributed by atoms with Crippen LogP contribution in [0.4, 0.5) is 21.0 Å². The van der Waals surface area contributed by atoms with Gasteiger partial charge in [-0.3, -0.25) is 19.4 Å². The molecule has 2 aromatic rings. The van der Waals surface area contributed by atoms with Gasteiger partial charge < -0.3 is 64.0 Å². The number of allylic oxidation sites excluding steroid dienone is 4. The number of methoxy groups -OCH3 is 3. The molecular weight excluding hydrogens is 1240 g/mol. The van der Waals surface area contributed by atoms with Gasteiger partial charge in [-0.1, -0.05) is 188 Å². The number of benzene rings is 2. The van der Waals surface area contributed by atoms with E-state index in [0.29, 0.717) is 29.3 Å². The summed E-state index contributed by atoms with van der Waals surface area (Å²) in [5, 5.41) is 22.2. The van der Waals surface area contributed by atoms with Crippen molar-refractivity contribution in [1.29, 1.82) is 0 Å². The van der Waals surface area contributed by atoms with Crippen molar-refractivity contribution in [3.8, 4) is 11.5 Å². The first-order valence-electron chi connectivity index (χ1n) is 34.3. The Kier molecular flexibility index (Phi) is 35.7. The molecule has 0 radical (unpaired) electrons. The highest BCUT2D eigenvalue weighted by Crippen LogP contribution is 2.42. The van der Waals surface area contributed by atoms with Crippen LogP contribution >= 0.6 is 0 Å².